The Morgan fingerprint density at radius 3 is 2.73 bits per heavy atom. The molecule has 60 valence electrons. The molecule has 0 atom stereocenters. The van der Waals surface area contributed by atoms with Crippen LogP contribution in [-0.2, 0) is 19.1 Å². The Hall–Kier alpha value is -1.36. The van der Waals surface area contributed by atoms with Gasteiger partial charge in [0.15, 0.2) is 6.79 Å². The highest BCUT2D eigenvalue weighted by Gasteiger charge is 2.13. The van der Waals surface area contributed by atoms with Gasteiger partial charge in [-0.3, -0.25) is 4.79 Å². The van der Waals surface area contributed by atoms with Crippen LogP contribution in [0, 0.1) is 0 Å². The second-order valence-electron chi connectivity index (χ2n) is 1.89. The van der Waals surface area contributed by atoms with E-state index in [-0.39, 0.29) is 19.2 Å². The number of ketones is 1. The van der Waals surface area contributed by atoms with Crippen LogP contribution in [0.4, 0.5) is 0 Å². The molecule has 1 aliphatic heterocycles. The molecule has 0 saturated carbocycles. The summed E-state index contributed by atoms with van der Waals surface area (Å²) in [4.78, 5) is 20.5. The number of rotatable bonds is 2. The third kappa shape index (κ3) is 2.05. The minimum absolute atomic E-state index is 0.0821. The Bertz CT molecular complexity index is 209. The maximum atomic E-state index is 10.5. The zero-order chi connectivity index (χ0) is 8.27. The molecule has 1 fully saturated rings. The number of ether oxygens (including phenoxy) is 2. The predicted octanol–water partition coefficient (Wildman–Crippen LogP) is -0.472. The molecule has 0 aromatic carbocycles. The quantitative estimate of drug-likeness (QED) is 0.434. The lowest BCUT2D eigenvalue weighted by molar-refractivity contribution is -0.146. The van der Waals surface area contributed by atoms with Crippen LogP contribution in [0.25, 0.3) is 0 Å². The van der Waals surface area contributed by atoms with Crippen molar-refractivity contribution in [1.82, 2.24) is 0 Å². The summed E-state index contributed by atoms with van der Waals surface area (Å²) in [7, 11) is 0. The smallest absolute Gasteiger partial charge is 0.376 e. The first-order chi connectivity index (χ1) is 5.20. The maximum absolute atomic E-state index is 10.5. The maximum Gasteiger partial charge on any atom is 0.376 e. The molecule has 0 aromatic rings. The van der Waals surface area contributed by atoms with Crippen LogP contribution in [0.5, 0.6) is 0 Å². The molecule has 0 bridgehead atoms. The second kappa shape index (κ2) is 3.16. The molecule has 1 saturated heterocycles. The van der Waals surface area contributed by atoms with Gasteiger partial charge in [0.2, 0.25) is 0 Å². The van der Waals surface area contributed by atoms with Gasteiger partial charge in [0.25, 0.3) is 5.78 Å². The van der Waals surface area contributed by atoms with Gasteiger partial charge in [-0.2, -0.15) is 0 Å². The van der Waals surface area contributed by atoms with Gasteiger partial charge in [-0.15, -0.1) is 0 Å². The summed E-state index contributed by atoms with van der Waals surface area (Å²) >= 11 is 0. The zero-order valence-corrected chi connectivity index (χ0v) is 5.57. The molecule has 1 aliphatic rings. The molecule has 1 rings (SSSR count). The van der Waals surface area contributed by atoms with Gasteiger partial charge in [0.1, 0.15) is 12.4 Å². The van der Waals surface area contributed by atoms with Crippen LogP contribution >= 0.6 is 0 Å². The topological polar surface area (TPSA) is 72.8 Å². The molecule has 5 heteroatoms. The van der Waals surface area contributed by atoms with E-state index in [0.29, 0.717) is 0 Å². The first-order valence-corrected chi connectivity index (χ1v) is 2.88. The van der Waals surface area contributed by atoms with Crippen LogP contribution in [-0.4, -0.2) is 30.3 Å². The largest absolute Gasteiger partial charge is 0.475 e. The van der Waals surface area contributed by atoms with E-state index in [0.717, 1.165) is 6.08 Å². The summed E-state index contributed by atoms with van der Waals surface area (Å²) in [6.45, 7) is 0.248. The van der Waals surface area contributed by atoms with Gasteiger partial charge < -0.3 is 14.6 Å². The van der Waals surface area contributed by atoms with Crippen molar-refractivity contribution in [3.05, 3.63) is 11.8 Å². The molecule has 1 heterocycles. The number of carboxylic acids is 1. The van der Waals surface area contributed by atoms with E-state index in [1.165, 1.54) is 0 Å². The SMILES string of the molecule is O=C(O)C(=O)/C=C1\COCO1. The number of hydrogen-bond acceptors (Lipinski definition) is 4. The number of carbonyl (C=O) groups is 2. The van der Waals surface area contributed by atoms with E-state index in [1.54, 1.807) is 0 Å². The van der Waals surface area contributed by atoms with Crippen molar-refractivity contribution < 1.29 is 24.2 Å². The highest BCUT2D eigenvalue weighted by Crippen LogP contribution is 2.06. The number of hydrogen-bond donors (Lipinski definition) is 1. The standard InChI is InChI=1S/C6H6O5/c7-5(6(8)9)1-4-2-10-3-11-4/h1H,2-3H2,(H,8,9)/b4-1+. The van der Waals surface area contributed by atoms with E-state index >= 15 is 0 Å². The fourth-order valence-corrected chi connectivity index (χ4v) is 0.593. The van der Waals surface area contributed by atoms with Crippen LogP contribution in [0.15, 0.2) is 11.8 Å². The molecule has 0 radical (unpaired) electrons. The van der Waals surface area contributed by atoms with Crippen molar-refractivity contribution in [2.75, 3.05) is 13.4 Å². The van der Waals surface area contributed by atoms with Crippen molar-refractivity contribution in [3.63, 3.8) is 0 Å². The Balaban J connectivity index is 2.56. The Morgan fingerprint density at radius 2 is 2.27 bits per heavy atom. The highest BCUT2D eigenvalue weighted by molar-refractivity contribution is 6.37. The van der Waals surface area contributed by atoms with E-state index in [4.69, 9.17) is 14.6 Å². The van der Waals surface area contributed by atoms with Gasteiger partial charge in [0, 0.05) is 6.08 Å². The summed E-state index contributed by atoms with van der Waals surface area (Å²) in [6, 6.07) is 0. The monoisotopic (exact) mass is 158 g/mol. The van der Waals surface area contributed by atoms with Crippen molar-refractivity contribution in [2.24, 2.45) is 0 Å². The lowest BCUT2D eigenvalue weighted by Gasteiger charge is -1.90. The van der Waals surface area contributed by atoms with Crippen molar-refractivity contribution >= 4 is 11.8 Å². The molecule has 11 heavy (non-hydrogen) atoms. The third-order valence-electron chi connectivity index (χ3n) is 1.07. The fraction of sp³-hybridized carbons (Fsp3) is 0.333. The molecule has 0 spiro atoms. The lowest BCUT2D eigenvalue weighted by atomic mass is 10.3. The van der Waals surface area contributed by atoms with Crippen LogP contribution in [0.1, 0.15) is 0 Å². The van der Waals surface area contributed by atoms with Crippen molar-refractivity contribution in [1.29, 1.82) is 0 Å². The zero-order valence-electron chi connectivity index (χ0n) is 5.57. The molecular weight excluding hydrogens is 152 g/mol. The summed E-state index contributed by atoms with van der Waals surface area (Å²) in [5, 5.41) is 8.15. The third-order valence-corrected chi connectivity index (χ3v) is 1.07. The summed E-state index contributed by atoms with van der Waals surface area (Å²) in [5.74, 6) is -2.23. The van der Waals surface area contributed by atoms with Crippen molar-refractivity contribution in [2.45, 2.75) is 0 Å². The van der Waals surface area contributed by atoms with Crippen LogP contribution in [0.3, 0.4) is 0 Å². The minimum Gasteiger partial charge on any atom is -0.475 e. The van der Waals surface area contributed by atoms with Crippen LogP contribution < -0.4 is 0 Å². The van der Waals surface area contributed by atoms with Gasteiger partial charge in [-0.1, -0.05) is 0 Å². The average molecular weight is 158 g/mol. The first kappa shape index (κ1) is 7.74. The number of carbonyl (C=O) groups excluding carboxylic acids is 1. The highest BCUT2D eigenvalue weighted by atomic mass is 16.7. The summed E-state index contributed by atoms with van der Waals surface area (Å²) < 4.78 is 9.43. The number of aliphatic carboxylic acids is 1. The molecule has 0 aliphatic carbocycles. The van der Waals surface area contributed by atoms with Crippen LogP contribution in [0.2, 0.25) is 0 Å². The van der Waals surface area contributed by atoms with E-state index < -0.39 is 11.8 Å². The van der Waals surface area contributed by atoms with Gasteiger partial charge in [0.05, 0.1) is 0 Å². The second-order valence-corrected chi connectivity index (χ2v) is 1.89. The number of carboxylic acid groups (broad SMARTS) is 1. The minimum atomic E-state index is -1.49. The summed E-state index contributed by atoms with van der Waals surface area (Å²) in [6.07, 6.45) is 0.912. The van der Waals surface area contributed by atoms with E-state index in [1.807, 2.05) is 0 Å². The van der Waals surface area contributed by atoms with E-state index in [2.05, 4.69) is 0 Å². The predicted molar refractivity (Wildman–Crippen MR) is 32.6 cm³/mol. The normalized spacial score (nSPS) is 19.8. The average Bonchev–Trinajstić information content (AvgIpc) is 2.39. The Morgan fingerprint density at radius 1 is 1.55 bits per heavy atom. The van der Waals surface area contributed by atoms with Gasteiger partial charge in [-0.05, 0) is 0 Å². The van der Waals surface area contributed by atoms with Gasteiger partial charge >= 0.3 is 5.97 Å². The summed E-state index contributed by atoms with van der Waals surface area (Å²) in [5.41, 5.74) is 0. The molecule has 1 N–H and O–H groups in total. The molecule has 0 aromatic heterocycles. The van der Waals surface area contributed by atoms with Gasteiger partial charge in [-0.25, -0.2) is 4.79 Å². The molecule has 0 amide bonds. The Kier molecular flexibility index (Phi) is 2.22. The van der Waals surface area contributed by atoms with Crippen molar-refractivity contribution in [3.8, 4) is 0 Å². The Labute approximate surface area is 62.2 Å². The first-order valence-electron chi connectivity index (χ1n) is 2.88. The fourth-order valence-electron chi connectivity index (χ4n) is 0.593. The molecule has 5 nitrogen and oxygen atoms in total. The molecule has 0 unspecified atom stereocenters. The van der Waals surface area contributed by atoms with E-state index in [9.17, 15) is 9.59 Å². The lowest BCUT2D eigenvalue weighted by Crippen LogP contribution is -2.10. The molecular formula is C6H6O5.